The van der Waals surface area contributed by atoms with Crippen molar-refractivity contribution in [2.45, 2.75) is 19.1 Å². The number of rotatable bonds is 5. The van der Waals surface area contributed by atoms with E-state index in [2.05, 4.69) is 4.74 Å². The molecule has 0 bridgehead atoms. The van der Waals surface area contributed by atoms with Crippen molar-refractivity contribution in [1.29, 1.82) is 0 Å². The fourth-order valence-electron chi connectivity index (χ4n) is 1.12. The first-order valence-corrected chi connectivity index (χ1v) is 4.43. The fourth-order valence-corrected chi connectivity index (χ4v) is 1.12. The van der Waals surface area contributed by atoms with Gasteiger partial charge in [0.15, 0.2) is 6.10 Å². The van der Waals surface area contributed by atoms with E-state index in [0.29, 0.717) is 5.56 Å². The molecule has 1 atom stereocenters. The number of ether oxygens (including phenoxy) is 1. The molecular formula is C10H10F2O4. The van der Waals surface area contributed by atoms with Crippen molar-refractivity contribution in [2.24, 2.45) is 0 Å². The second-order valence-corrected chi connectivity index (χ2v) is 3.08. The van der Waals surface area contributed by atoms with Gasteiger partial charge in [-0.1, -0.05) is 12.1 Å². The number of aliphatic carboxylic acids is 1. The van der Waals surface area contributed by atoms with Crippen molar-refractivity contribution in [3.8, 4) is 5.75 Å². The quantitative estimate of drug-likeness (QED) is 0.802. The molecule has 2 N–H and O–H groups in total. The van der Waals surface area contributed by atoms with Crippen LogP contribution in [-0.2, 0) is 11.2 Å². The summed E-state index contributed by atoms with van der Waals surface area (Å²) >= 11 is 0. The molecule has 0 fully saturated rings. The van der Waals surface area contributed by atoms with Gasteiger partial charge in [-0.2, -0.15) is 8.78 Å². The van der Waals surface area contributed by atoms with Crippen molar-refractivity contribution in [1.82, 2.24) is 0 Å². The number of hydrogen-bond donors (Lipinski definition) is 2. The van der Waals surface area contributed by atoms with Crippen LogP contribution in [0.1, 0.15) is 5.56 Å². The molecule has 6 heteroatoms. The summed E-state index contributed by atoms with van der Waals surface area (Å²) in [7, 11) is 0. The highest BCUT2D eigenvalue weighted by Gasteiger charge is 2.13. The van der Waals surface area contributed by atoms with E-state index < -0.39 is 18.7 Å². The fraction of sp³-hybridized carbons (Fsp3) is 0.300. The maximum atomic E-state index is 11.8. The number of hydrogen-bond acceptors (Lipinski definition) is 3. The number of carbonyl (C=O) groups is 1. The number of halogens is 2. The molecule has 0 aliphatic rings. The molecule has 0 saturated heterocycles. The third-order valence-electron chi connectivity index (χ3n) is 1.86. The molecule has 1 aromatic rings. The van der Waals surface area contributed by atoms with Crippen LogP contribution in [0.15, 0.2) is 24.3 Å². The first kappa shape index (κ1) is 12.4. The van der Waals surface area contributed by atoms with Gasteiger partial charge in [0, 0.05) is 6.42 Å². The Labute approximate surface area is 90.1 Å². The average molecular weight is 232 g/mol. The SMILES string of the molecule is O=C(O)C(O)Cc1ccc(OC(F)F)cc1. The summed E-state index contributed by atoms with van der Waals surface area (Å²) in [5, 5.41) is 17.5. The van der Waals surface area contributed by atoms with Gasteiger partial charge in [0.05, 0.1) is 0 Å². The van der Waals surface area contributed by atoms with Crippen LogP contribution in [-0.4, -0.2) is 28.9 Å². The first-order chi connectivity index (χ1) is 7.49. The van der Waals surface area contributed by atoms with Gasteiger partial charge in [0.1, 0.15) is 5.75 Å². The predicted octanol–water partition coefficient (Wildman–Crippen LogP) is 1.28. The maximum Gasteiger partial charge on any atom is 0.387 e. The van der Waals surface area contributed by atoms with E-state index in [0.717, 1.165) is 0 Å². The van der Waals surface area contributed by atoms with E-state index in [1.165, 1.54) is 24.3 Å². The van der Waals surface area contributed by atoms with Crippen molar-refractivity contribution < 1.29 is 28.5 Å². The molecule has 0 aromatic heterocycles. The average Bonchev–Trinajstić information content (AvgIpc) is 2.20. The Morgan fingerprint density at radius 2 is 1.88 bits per heavy atom. The molecule has 0 amide bonds. The Morgan fingerprint density at radius 3 is 2.31 bits per heavy atom. The second kappa shape index (κ2) is 5.41. The standard InChI is InChI=1S/C10H10F2O4/c11-10(12)16-7-3-1-6(2-4-7)5-8(13)9(14)15/h1-4,8,10,13H,5H2,(H,14,15). The van der Waals surface area contributed by atoms with Crippen LogP contribution in [0.2, 0.25) is 0 Å². The number of carboxylic acids is 1. The molecular weight excluding hydrogens is 222 g/mol. The zero-order valence-electron chi connectivity index (χ0n) is 8.14. The lowest BCUT2D eigenvalue weighted by Crippen LogP contribution is -2.21. The highest BCUT2D eigenvalue weighted by Crippen LogP contribution is 2.15. The van der Waals surface area contributed by atoms with Gasteiger partial charge >= 0.3 is 12.6 Å². The number of aliphatic hydroxyl groups is 1. The Morgan fingerprint density at radius 1 is 1.31 bits per heavy atom. The number of benzene rings is 1. The first-order valence-electron chi connectivity index (χ1n) is 4.43. The van der Waals surface area contributed by atoms with Crippen LogP contribution in [0.3, 0.4) is 0 Å². The largest absolute Gasteiger partial charge is 0.479 e. The molecule has 0 saturated carbocycles. The molecule has 0 aliphatic carbocycles. The summed E-state index contributed by atoms with van der Waals surface area (Å²) in [6.45, 7) is -2.89. The lowest BCUT2D eigenvalue weighted by molar-refractivity contribution is -0.146. The second-order valence-electron chi connectivity index (χ2n) is 3.08. The van der Waals surface area contributed by atoms with Crippen molar-refractivity contribution in [3.05, 3.63) is 29.8 Å². The normalized spacial score (nSPS) is 12.5. The zero-order valence-corrected chi connectivity index (χ0v) is 8.14. The van der Waals surface area contributed by atoms with Gasteiger partial charge in [-0.05, 0) is 17.7 Å². The molecule has 1 unspecified atom stereocenters. The van der Waals surface area contributed by atoms with Gasteiger partial charge in [-0.15, -0.1) is 0 Å². The van der Waals surface area contributed by atoms with Crippen LogP contribution >= 0.6 is 0 Å². The third-order valence-corrected chi connectivity index (χ3v) is 1.86. The Balaban J connectivity index is 2.61. The van der Waals surface area contributed by atoms with E-state index in [4.69, 9.17) is 10.2 Å². The van der Waals surface area contributed by atoms with Crippen molar-refractivity contribution >= 4 is 5.97 Å². The predicted molar refractivity (Wildman–Crippen MR) is 50.4 cm³/mol. The van der Waals surface area contributed by atoms with Crippen LogP contribution < -0.4 is 4.74 Å². The lowest BCUT2D eigenvalue weighted by Gasteiger charge is -2.07. The summed E-state index contributed by atoms with van der Waals surface area (Å²) in [5.41, 5.74) is 0.525. The molecule has 88 valence electrons. The monoisotopic (exact) mass is 232 g/mol. The molecule has 1 aromatic carbocycles. The van der Waals surface area contributed by atoms with Gasteiger partial charge in [-0.25, -0.2) is 4.79 Å². The Hall–Kier alpha value is -1.69. The van der Waals surface area contributed by atoms with E-state index in [-0.39, 0.29) is 12.2 Å². The number of alkyl halides is 2. The minimum Gasteiger partial charge on any atom is -0.479 e. The number of carboxylic acid groups (broad SMARTS) is 1. The summed E-state index contributed by atoms with van der Waals surface area (Å²) in [6, 6.07) is 5.42. The smallest absolute Gasteiger partial charge is 0.387 e. The minimum atomic E-state index is -2.89. The van der Waals surface area contributed by atoms with Crippen LogP contribution in [0.4, 0.5) is 8.78 Å². The summed E-state index contributed by atoms with van der Waals surface area (Å²) in [6.07, 6.45) is -1.58. The highest BCUT2D eigenvalue weighted by atomic mass is 19.3. The third kappa shape index (κ3) is 3.82. The zero-order chi connectivity index (χ0) is 12.1. The van der Waals surface area contributed by atoms with Gasteiger partial charge in [-0.3, -0.25) is 0 Å². The molecule has 4 nitrogen and oxygen atoms in total. The maximum absolute atomic E-state index is 11.8. The van der Waals surface area contributed by atoms with E-state index in [9.17, 15) is 13.6 Å². The molecule has 16 heavy (non-hydrogen) atoms. The van der Waals surface area contributed by atoms with Crippen molar-refractivity contribution in [3.63, 3.8) is 0 Å². The minimum absolute atomic E-state index is 0.0106. The van der Waals surface area contributed by atoms with Crippen LogP contribution in [0.5, 0.6) is 5.75 Å². The highest BCUT2D eigenvalue weighted by molar-refractivity contribution is 5.72. The van der Waals surface area contributed by atoms with E-state index in [1.54, 1.807) is 0 Å². The lowest BCUT2D eigenvalue weighted by atomic mass is 10.1. The Bertz CT molecular complexity index is 350. The molecule has 0 aliphatic heterocycles. The molecule has 0 heterocycles. The van der Waals surface area contributed by atoms with E-state index >= 15 is 0 Å². The molecule has 0 radical (unpaired) electrons. The van der Waals surface area contributed by atoms with Gasteiger partial charge in [0.2, 0.25) is 0 Å². The van der Waals surface area contributed by atoms with Gasteiger partial charge < -0.3 is 14.9 Å². The summed E-state index contributed by atoms with van der Waals surface area (Å²) < 4.78 is 27.7. The van der Waals surface area contributed by atoms with E-state index in [1.807, 2.05) is 0 Å². The molecule has 0 spiro atoms. The van der Waals surface area contributed by atoms with Gasteiger partial charge in [0.25, 0.3) is 0 Å². The van der Waals surface area contributed by atoms with Crippen LogP contribution in [0.25, 0.3) is 0 Å². The number of aliphatic hydroxyl groups excluding tert-OH is 1. The topological polar surface area (TPSA) is 66.8 Å². The van der Waals surface area contributed by atoms with Crippen LogP contribution in [0, 0.1) is 0 Å². The summed E-state index contributed by atoms with van der Waals surface area (Å²) in [4.78, 5) is 10.3. The summed E-state index contributed by atoms with van der Waals surface area (Å²) in [5.74, 6) is -1.34. The van der Waals surface area contributed by atoms with Crippen molar-refractivity contribution in [2.75, 3.05) is 0 Å². The Kier molecular flexibility index (Phi) is 4.19. The molecule has 1 rings (SSSR count).